The molecular weight excluding hydrogens is 895 g/mol. The van der Waals surface area contributed by atoms with E-state index in [4.69, 9.17) is 0 Å². The minimum Gasteiger partial charge on any atom is -0.274 e. The van der Waals surface area contributed by atoms with Crippen LogP contribution in [0.3, 0.4) is 0 Å². The van der Waals surface area contributed by atoms with Crippen LogP contribution in [0.2, 0.25) is 0 Å². The van der Waals surface area contributed by atoms with Gasteiger partial charge in [0.05, 0.1) is 0 Å². The summed E-state index contributed by atoms with van der Waals surface area (Å²) in [6, 6.07) is 5.72. The summed E-state index contributed by atoms with van der Waals surface area (Å²) in [6.07, 6.45) is -6.86. The van der Waals surface area contributed by atoms with Crippen LogP contribution in [-0.4, -0.2) is 88.2 Å². The summed E-state index contributed by atoms with van der Waals surface area (Å²) >= 11 is 0. The first-order valence-corrected chi connectivity index (χ1v) is 18.5. The molecule has 4 amide bonds. The van der Waals surface area contributed by atoms with Gasteiger partial charge in [-0.15, -0.1) is 0 Å². The lowest BCUT2D eigenvalue weighted by Crippen LogP contribution is -2.74. The molecule has 63 heavy (non-hydrogen) atoms. The first kappa shape index (κ1) is 45.5. The molecule has 0 bridgehead atoms. The Labute approximate surface area is 340 Å². The highest BCUT2D eigenvalue weighted by Crippen LogP contribution is 2.66. The predicted octanol–water partition coefficient (Wildman–Crippen LogP) is 12.0. The van der Waals surface area contributed by atoms with Gasteiger partial charge in [-0.1, -0.05) is 44.9 Å². The van der Waals surface area contributed by atoms with Crippen molar-refractivity contribution in [2.24, 2.45) is 0 Å². The van der Waals surface area contributed by atoms with Gasteiger partial charge in [-0.3, -0.25) is 29.0 Å². The SMILES string of the molecule is CCCCN1C(=O)c2ccc3c4ccc5c6c(cc(C(F)(F)C(F)(F)C(F)(F)C(F)(F)C(F)(F)C(F)(F)C(F)(F)C(F)(F)F)c(c7ccc(c2c37)C1=O)c64)C(=O)N(CCCC)C5=O. The van der Waals surface area contributed by atoms with Crippen LogP contribution in [0.25, 0.3) is 43.1 Å². The van der Waals surface area contributed by atoms with Gasteiger partial charge in [0.2, 0.25) is 0 Å². The summed E-state index contributed by atoms with van der Waals surface area (Å²) in [7, 11) is 0. The predicted molar refractivity (Wildman–Crippen MR) is 188 cm³/mol. The van der Waals surface area contributed by atoms with Gasteiger partial charge in [0.25, 0.3) is 23.6 Å². The molecule has 5 aromatic rings. The fourth-order valence-electron chi connectivity index (χ4n) is 8.09. The minimum atomic E-state index is -8.88. The second kappa shape index (κ2) is 13.7. The number of rotatable bonds is 13. The van der Waals surface area contributed by atoms with E-state index in [0.717, 1.165) is 29.2 Å². The van der Waals surface area contributed by atoms with Crippen molar-refractivity contribution in [1.82, 2.24) is 9.80 Å². The number of benzene rings is 5. The van der Waals surface area contributed by atoms with Crippen molar-refractivity contribution in [2.45, 2.75) is 87.2 Å². The van der Waals surface area contributed by atoms with E-state index in [9.17, 15) is 67.5 Å². The Morgan fingerprint density at radius 1 is 0.397 bits per heavy atom. The standard InChI is InChI=1S/C40H25F17N2O4/c1-3-5-13-58-29(60)19-10-7-16-17-8-11-21-26-22(32(63)59(31(21)62)14-6-4-2)15-23(27(28(17)26)18-9-12-20(30(58)61)25(19)24(16)18)33(41,42)34(43,44)35(45,46)36(47,48)37(49,50)38(51,52)39(53,54)40(55,56)57/h7-12,15H,3-6,13-14H2,1-2H3. The summed E-state index contributed by atoms with van der Waals surface area (Å²) in [5.41, 5.74) is -4.92. The van der Waals surface area contributed by atoms with Gasteiger partial charge in [0, 0.05) is 57.1 Å². The van der Waals surface area contributed by atoms with Gasteiger partial charge in [0.1, 0.15) is 0 Å². The smallest absolute Gasteiger partial charge is 0.274 e. The van der Waals surface area contributed by atoms with Crippen molar-refractivity contribution in [2.75, 3.05) is 13.1 Å². The maximum atomic E-state index is 16.8. The first-order valence-electron chi connectivity index (χ1n) is 18.5. The molecule has 0 aromatic heterocycles. The van der Waals surface area contributed by atoms with Gasteiger partial charge in [0.15, 0.2) is 0 Å². The Balaban J connectivity index is 1.59. The molecule has 0 saturated heterocycles. The van der Waals surface area contributed by atoms with Crippen molar-refractivity contribution in [3.05, 3.63) is 70.3 Å². The lowest BCUT2D eigenvalue weighted by molar-refractivity contribution is -0.462. The van der Waals surface area contributed by atoms with Gasteiger partial charge < -0.3 is 0 Å². The molecule has 2 heterocycles. The summed E-state index contributed by atoms with van der Waals surface area (Å²) in [4.78, 5) is 56.1. The molecule has 0 saturated carbocycles. The van der Waals surface area contributed by atoms with Gasteiger partial charge in [-0.25, -0.2) is 0 Å². The average molecular weight is 921 g/mol. The molecule has 2 aliphatic rings. The summed E-state index contributed by atoms with van der Waals surface area (Å²) in [6.45, 7) is 2.67. The van der Waals surface area contributed by atoms with E-state index >= 15 is 26.3 Å². The molecule has 23 heteroatoms. The Kier molecular flexibility index (Phi) is 9.93. The van der Waals surface area contributed by atoms with Gasteiger partial charge in [-0.05, 0) is 64.0 Å². The number of carbonyl (C=O) groups excluding carboxylic acids is 4. The second-order valence-corrected chi connectivity index (χ2v) is 15.1. The Hall–Kier alpha value is -5.51. The number of halogens is 17. The van der Waals surface area contributed by atoms with Crippen LogP contribution in [0.5, 0.6) is 0 Å². The highest BCUT2D eigenvalue weighted by atomic mass is 19.4. The monoisotopic (exact) mass is 920 g/mol. The zero-order chi connectivity index (χ0) is 47.2. The molecule has 0 atom stereocenters. The number of hydrogen-bond donors (Lipinski definition) is 0. The fourth-order valence-corrected chi connectivity index (χ4v) is 8.09. The summed E-state index contributed by atoms with van der Waals surface area (Å²) in [5.74, 6) is -63.4. The minimum absolute atomic E-state index is 0.0219. The molecule has 0 N–H and O–H groups in total. The molecule has 0 spiro atoms. The van der Waals surface area contributed by atoms with Crippen molar-refractivity contribution in [3.8, 4) is 0 Å². The number of alkyl halides is 17. The number of unbranched alkanes of at least 4 members (excludes halogenated alkanes) is 2. The third kappa shape index (κ3) is 5.51. The lowest BCUT2D eigenvalue weighted by atomic mass is 9.78. The maximum Gasteiger partial charge on any atom is 0.460 e. The molecule has 0 fully saturated rings. The van der Waals surface area contributed by atoms with Crippen molar-refractivity contribution >= 4 is 66.7 Å². The number of hydrogen-bond acceptors (Lipinski definition) is 4. The lowest BCUT2D eigenvalue weighted by Gasteiger charge is -2.43. The summed E-state index contributed by atoms with van der Waals surface area (Å²) < 4.78 is 249. The van der Waals surface area contributed by atoms with E-state index in [-0.39, 0.29) is 47.4 Å². The molecule has 2 aliphatic heterocycles. The third-order valence-corrected chi connectivity index (χ3v) is 11.4. The Morgan fingerprint density at radius 2 is 0.746 bits per heavy atom. The zero-order valence-corrected chi connectivity index (χ0v) is 31.7. The summed E-state index contributed by atoms with van der Waals surface area (Å²) in [5, 5.41) is -5.02. The molecule has 0 radical (unpaired) electrons. The highest BCUT2D eigenvalue weighted by Gasteiger charge is 2.95. The number of carbonyl (C=O) groups is 4. The van der Waals surface area contributed by atoms with Crippen LogP contribution >= 0.6 is 0 Å². The Morgan fingerprint density at radius 3 is 1.16 bits per heavy atom. The van der Waals surface area contributed by atoms with E-state index < -0.39 is 127 Å². The first-order chi connectivity index (χ1) is 28.8. The third-order valence-electron chi connectivity index (χ3n) is 11.4. The van der Waals surface area contributed by atoms with Crippen LogP contribution in [0.1, 0.15) is 86.5 Å². The van der Waals surface area contributed by atoms with Crippen LogP contribution in [0, 0.1) is 0 Å². The Bertz CT molecular complexity index is 2780. The van der Waals surface area contributed by atoms with Crippen LogP contribution in [-0.2, 0) is 5.92 Å². The normalized spacial score (nSPS) is 16.3. The van der Waals surface area contributed by atoms with Crippen LogP contribution in [0.4, 0.5) is 74.6 Å². The molecule has 5 aromatic carbocycles. The number of amides is 4. The van der Waals surface area contributed by atoms with E-state index in [1.165, 1.54) is 12.1 Å². The second-order valence-electron chi connectivity index (χ2n) is 15.1. The highest BCUT2D eigenvalue weighted by molar-refractivity contribution is 6.41. The fraction of sp³-hybridized carbons (Fsp3) is 0.400. The van der Waals surface area contributed by atoms with Crippen LogP contribution < -0.4 is 0 Å². The van der Waals surface area contributed by atoms with Crippen molar-refractivity contribution in [3.63, 3.8) is 0 Å². The number of imide groups is 2. The van der Waals surface area contributed by atoms with Crippen LogP contribution in [0.15, 0.2) is 42.5 Å². The quantitative estimate of drug-likeness (QED) is 0.0510. The average Bonchev–Trinajstić information content (AvgIpc) is 3.20. The molecule has 338 valence electrons. The number of fused-ring (bicyclic) bond motifs is 2. The van der Waals surface area contributed by atoms with Crippen molar-refractivity contribution < 1.29 is 93.8 Å². The van der Waals surface area contributed by atoms with E-state index in [1.54, 1.807) is 13.8 Å². The van der Waals surface area contributed by atoms with Crippen molar-refractivity contribution in [1.29, 1.82) is 0 Å². The largest absolute Gasteiger partial charge is 0.460 e. The van der Waals surface area contributed by atoms with Gasteiger partial charge >= 0.3 is 47.6 Å². The van der Waals surface area contributed by atoms with E-state index in [1.807, 2.05) is 0 Å². The molecule has 0 unspecified atom stereocenters. The number of nitrogens with zero attached hydrogens (tertiary/aromatic N) is 2. The molecule has 0 aliphatic carbocycles. The maximum absolute atomic E-state index is 16.8. The van der Waals surface area contributed by atoms with Gasteiger partial charge in [-0.2, -0.15) is 74.6 Å². The topological polar surface area (TPSA) is 74.8 Å². The zero-order valence-electron chi connectivity index (χ0n) is 31.7. The molecular formula is C40H25F17N2O4. The van der Waals surface area contributed by atoms with E-state index in [0.29, 0.717) is 17.7 Å². The molecule has 6 nitrogen and oxygen atoms in total. The molecule has 7 rings (SSSR count). The van der Waals surface area contributed by atoms with E-state index in [2.05, 4.69) is 0 Å².